The molecule has 20 heavy (non-hydrogen) atoms. The Bertz CT molecular complexity index is 659. The first-order valence-electron chi connectivity index (χ1n) is 6.87. The fourth-order valence-electron chi connectivity index (χ4n) is 2.21. The Balaban J connectivity index is 1.51. The molecule has 1 unspecified atom stereocenters. The molecule has 0 saturated carbocycles. The number of aromatic nitrogens is 3. The van der Waals surface area contributed by atoms with Crippen LogP contribution >= 0.6 is 11.3 Å². The third-order valence-corrected chi connectivity index (χ3v) is 4.25. The Morgan fingerprint density at radius 1 is 1.45 bits per heavy atom. The van der Waals surface area contributed by atoms with Gasteiger partial charge in [0.25, 0.3) is 0 Å². The second-order valence-corrected chi connectivity index (χ2v) is 5.82. The van der Waals surface area contributed by atoms with Crippen LogP contribution in [0, 0.1) is 0 Å². The van der Waals surface area contributed by atoms with Gasteiger partial charge in [-0.2, -0.15) is 5.10 Å². The fraction of sp³-hybridized carbons (Fsp3) is 0.333. The molecule has 0 aliphatic heterocycles. The lowest BCUT2D eigenvalue weighted by Gasteiger charge is -2.14. The van der Waals surface area contributed by atoms with Crippen LogP contribution in [-0.4, -0.2) is 21.3 Å². The first-order chi connectivity index (χ1) is 9.83. The van der Waals surface area contributed by atoms with E-state index in [1.165, 1.54) is 10.3 Å². The van der Waals surface area contributed by atoms with E-state index in [2.05, 4.69) is 39.8 Å². The molecule has 3 rings (SSSR count). The quantitative estimate of drug-likeness (QED) is 0.707. The molecule has 0 fully saturated rings. The van der Waals surface area contributed by atoms with Crippen molar-refractivity contribution in [2.75, 3.05) is 6.54 Å². The minimum Gasteiger partial charge on any atom is -0.310 e. The molecule has 0 amide bonds. The molecule has 0 radical (unpaired) electrons. The molecule has 0 saturated heterocycles. The zero-order valence-electron chi connectivity index (χ0n) is 11.5. The van der Waals surface area contributed by atoms with Gasteiger partial charge in [-0.05, 0) is 49.0 Å². The molecule has 0 aromatic carbocycles. The average molecular weight is 286 g/mol. The van der Waals surface area contributed by atoms with E-state index in [1.54, 1.807) is 11.3 Å². The first kappa shape index (κ1) is 13.3. The molecule has 0 bridgehead atoms. The molecule has 0 aliphatic rings. The second kappa shape index (κ2) is 6.15. The van der Waals surface area contributed by atoms with Crippen molar-refractivity contribution in [1.29, 1.82) is 0 Å². The summed E-state index contributed by atoms with van der Waals surface area (Å²) in [5, 5.41) is 9.83. The van der Waals surface area contributed by atoms with Gasteiger partial charge in [-0.15, -0.1) is 11.3 Å². The maximum absolute atomic E-state index is 4.49. The largest absolute Gasteiger partial charge is 0.310 e. The highest BCUT2D eigenvalue weighted by atomic mass is 32.1. The number of pyridine rings is 1. The number of nitrogens with one attached hydrogen (secondary N) is 1. The predicted octanol–water partition coefficient (Wildman–Crippen LogP) is 3.23. The van der Waals surface area contributed by atoms with E-state index in [0.29, 0.717) is 6.04 Å². The first-order valence-corrected chi connectivity index (χ1v) is 7.75. The number of hydrogen-bond donors (Lipinski definition) is 1. The summed E-state index contributed by atoms with van der Waals surface area (Å²) in [5.74, 6) is 0. The van der Waals surface area contributed by atoms with E-state index in [9.17, 15) is 0 Å². The third-order valence-electron chi connectivity index (χ3n) is 3.40. The molecule has 5 heteroatoms. The molecule has 0 aliphatic carbocycles. The van der Waals surface area contributed by atoms with Gasteiger partial charge in [0.05, 0.1) is 10.2 Å². The minimum atomic E-state index is 0.326. The van der Waals surface area contributed by atoms with Crippen molar-refractivity contribution < 1.29 is 0 Å². The van der Waals surface area contributed by atoms with Crippen molar-refractivity contribution in [3.63, 3.8) is 0 Å². The van der Waals surface area contributed by atoms with E-state index in [1.807, 2.05) is 29.3 Å². The van der Waals surface area contributed by atoms with Crippen LogP contribution in [0.25, 0.3) is 10.2 Å². The summed E-state index contributed by atoms with van der Waals surface area (Å²) in [6, 6.07) is 6.58. The summed E-state index contributed by atoms with van der Waals surface area (Å²) in [7, 11) is 0. The van der Waals surface area contributed by atoms with Crippen LogP contribution in [0.1, 0.15) is 24.9 Å². The standard InChI is InChI=1S/C15H18N4S/c1-12(16-5-2-7-19-8-3-6-18-19)13-10-15-14(17-11-13)4-9-20-15/h3-4,6,8-12,16H,2,5,7H2,1H3. The monoisotopic (exact) mass is 286 g/mol. The van der Waals surface area contributed by atoms with Crippen LogP contribution in [0.2, 0.25) is 0 Å². The lowest BCUT2D eigenvalue weighted by Crippen LogP contribution is -2.21. The summed E-state index contributed by atoms with van der Waals surface area (Å²) in [4.78, 5) is 4.49. The summed E-state index contributed by atoms with van der Waals surface area (Å²) in [6.07, 6.45) is 6.86. The fourth-order valence-corrected chi connectivity index (χ4v) is 3.00. The highest BCUT2D eigenvalue weighted by molar-refractivity contribution is 7.17. The van der Waals surface area contributed by atoms with Crippen LogP contribution in [0.5, 0.6) is 0 Å². The van der Waals surface area contributed by atoms with E-state index in [4.69, 9.17) is 0 Å². The summed E-state index contributed by atoms with van der Waals surface area (Å²) in [5.41, 5.74) is 2.34. The number of rotatable bonds is 6. The SMILES string of the molecule is CC(NCCCn1cccn1)c1cnc2ccsc2c1. The van der Waals surface area contributed by atoms with Gasteiger partial charge in [-0.3, -0.25) is 9.67 Å². The van der Waals surface area contributed by atoms with Gasteiger partial charge in [0, 0.05) is 31.2 Å². The minimum absolute atomic E-state index is 0.326. The van der Waals surface area contributed by atoms with Gasteiger partial charge in [0.2, 0.25) is 0 Å². The van der Waals surface area contributed by atoms with Gasteiger partial charge in [-0.25, -0.2) is 0 Å². The Morgan fingerprint density at radius 3 is 3.25 bits per heavy atom. The Hall–Kier alpha value is -1.72. The number of thiophene rings is 1. The molecule has 1 atom stereocenters. The Morgan fingerprint density at radius 2 is 2.40 bits per heavy atom. The average Bonchev–Trinajstić information content (AvgIpc) is 3.13. The summed E-state index contributed by atoms with van der Waals surface area (Å²) < 4.78 is 3.22. The Labute approximate surface area is 122 Å². The molecular weight excluding hydrogens is 268 g/mol. The number of hydrogen-bond acceptors (Lipinski definition) is 4. The van der Waals surface area contributed by atoms with Crippen molar-refractivity contribution in [3.8, 4) is 0 Å². The zero-order chi connectivity index (χ0) is 13.8. The normalized spacial score (nSPS) is 12.8. The molecule has 3 aromatic heterocycles. The molecule has 4 nitrogen and oxygen atoms in total. The van der Waals surface area contributed by atoms with Gasteiger partial charge in [0.1, 0.15) is 0 Å². The van der Waals surface area contributed by atoms with Crippen LogP contribution in [0.3, 0.4) is 0 Å². The number of fused-ring (bicyclic) bond motifs is 1. The van der Waals surface area contributed by atoms with Crippen molar-refractivity contribution in [2.45, 2.75) is 25.9 Å². The number of aryl methyl sites for hydroxylation is 1. The van der Waals surface area contributed by atoms with E-state index < -0.39 is 0 Å². The molecule has 104 valence electrons. The molecular formula is C15H18N4S. The van der Waals surface area contributed by atoms with E-state index in [-0.39, 0.29) is 0 Å². The second-order valence-electron chi connectivity index (χ2n) is 4.87. The van der Waals surface area contributed by atoms with Crippen molar-refractivity contribution in [3.05, 3.63) is 47.7 Å². The third kappa shape index (κ3) is 3.05. The smallest absolute Gasteiger partial charge is 0.0809 e. The van der Waals surface area contributed by atoms with Crippen molar-refractivity contribution in [2.24, 2.45) is 0 Å². The number of nitrogens with zero attached hydrogens (tertiary/aromatic N) is 3. The Kier molecular flexibility index (Phi) is 4.08. The lowest BCUT2D eigenvalue weighted by molar-refractivity contribution is 0.506. The van der Waals surface area contributed by atoms with Crippen LogP contribution in [0.4, 0.5) is 0 Å². The molecule has 0 spiro atoms. The zero-order valence-corrected chi connectivity index (χ0v) is 12.3. The van der Waals surface area contributed by atoms with E-state index in [0.717, 1.165) is 25.0 Å². The van der Waals surface area contributed by atoms with Gasteiger partial charge in [0.15, 0.2) is 0 Å². The predicted molar refractivity (Wildman–Crippen MR) is 82.9 cm³/mol. The summed E-state index contributed by atoms with van der Waals surface area (Å²) >= 11 is 1.74. The lowest BCUT2D eigenvalue weighted by atomic mass is 10.1. The highest BCUT2D eigenvalue weighted by Crippen LogP contribution is 2.22. The maximum Gasteiger partial charge on any atom is 0.0809 e. The van der Waals surface area contributed by atoms with E-state index >= 15 is 0 Å². The van der Waals surface area contributed by atoms with Crippen molar-refractivity contribution in [1.82, 2.24) is 20.1 Å². The highest BCUT2D eigenvalue weighted by Gasteiger charge is 2.06. The molecule has 1 N–H and O–H groups in total. The van der Waals surface area contributed by atoms with Gasteiger partial charge in [-0.1, -0.05) is 0 Å². The van der Waals surface area contributed by atoms with Gasteiger partial charge < -0.3 is 5.32 Å². The van der Waals surface area contributed by atoms with Crippen LogP contribution in [-0.2, 0) is 6.54 Å². The van der Waals surface area contributed by atoms with Crippen molar-refractivity contribution >= 4 is 21.6 Å². The molecule has 3 aromatic rings. The topological polar surface area (TPSA) is 42.7 Å². The molecule has 3 heterocycles. The van der Waals surface area contributed by atoms with Crippen LogP contribution in [0.15, 0.2) is 42.2 Å². The maximum atomic E-state index is 4.49. The van der Waals surface area contributed by atoms with Crippen LogP contribution < -0.4 is 5.32 Å². The summed E-state index contributed by atoms with van der Waals surface area (Å²) in [6.45, 7) is 4.11. The van der Waals surface area contributed by atoms with Gasteiger partial charge >= 0.3 is 0 Å².